The zero-order valence-electron chi connectivity index (χ0n) is 26.7. The van der Waals surface area contributed by atoms with Crippen molar-refractivity contribution in [3.05, 3.63) is 0 Å². The molecule has 0 fully saturated rings. The number of rotatable bonds is 33. The second kappa shape index (κ2) is 33.6. The molecule has 0 aliphatic carbocycles. The SMILES string of the molecule is CCCCCCCCCCCCCCCCCCCOCC(CO)OC(=O)CCCCCCCCCCCC. The van der Waals surface area contributed by atoms with E-state index in [9.17, 15) is 9.90 Å². The molecule has 0 heterocycles. The molecule has 0 bridgehead atoms. The van der Waals surface area contributed by atoms with Crippen molar-refractivity contribution < 1.29 is 19.4 Å². The summed E-state index contributed by atoms with van der Waals surface area (Å²) in [7, 11) is 0. The highest BCUT2D eigenvalue weighted by molar-refractivity contribution is 5.69. The fourth-order valence-corrected chi connectivity index (χ4v) is 5.27. The van der Waals surface area contributed by atoms with Gasteiger partial charge in [-0.2, -0.15) is 0 Å². The molecule has 0 aliphatic rings. The molecule has 0 rings (SSSR count). The Balaban J connectivity index is 3.36. The van der Waals surface area contributed by atoms with E-state index in [0.29, 0.717) is 19.6 Å². The first-order chi connectivity index (χ1) is 19.2. The van der Waals surface area contributed by atoms with Crippen molar-refractivity contribution >= 4 is 5.97 Å². The number of aliphatic hydroxyl groups is 1. The van der Waals surface area contributed by atoms with Crippen molar-refractivity contribution in [2.75, 3.05) is 19.8 Å². The summed E-state index contributed by atoms with van der Waals surface area (Å²) >= 11 is 0. The lowest BCUT2D eigenvalue weighted by Crippen LogP contribution is -2.27. The summed E-state index contributed by atoms with van der Waals surface area (Å²) in [6.45, 7) is 5.37. The molecule has 1 atom stereocenters. The molecule has 0 aromatic carbocycles. The van der Waals surface area contributed by atoms with Crippen LogP contribution in [0.2, 0.25) is 0 Å². The van der Waals surface area contributed by atoms with Gasteiger partial charge in [-0.3, -0.25) is 4.79 Å². The Morgan fingerprint density at radius 3 is 1.21 bits per heavy atom. The van der Waals surface area contributed by atoms with Gasteiger partial charge in [0.15, 0.2) is 0 Å². The van der Waals surface area contributed by atoms with Gasteiger partial charge in [-0.25, -0.2) is 0 Å². The Labute approximate surface area is 244 Å². The lowest BCUT2D eigenvalue weighted by molar-refractivity contribution is -0.154. The molecule has 0 aliphatic heterocycles. The molecule has 0 amide bonds. The number of aliphatic hydroxyl groups excluding tert-OH is 1. The largest absolute Gasteiger partial charge is 0.457 e. The van der Waals surface area contributed by atoms with Crippen molar-refractivity contribution in [3.8, 4) is 0 Å². The summed E-state index contributed by atoms with van der Waals surface area (Å²) in [6.07, 6.45) is 35.7. The van der Waals surface area contributed by atoms with E-state index in [2.05, 4.69) is 13.8 Å². The maximum Gasteiger partial charge on any atom is 0.306 e. The van der Waals surface area contributed by atoms with Crippen LogP contribution in [0.15, 0.2) is 0 Å². The molecule has 4 heteroatoms. The van der Waals surface area contributed by atoms with Gasteiger partial charge in [0.25, 0.3) is 0 Å². The predicted octanol–water partition coefficient (Wildman–Crippen LogP) is 10.9. The van der Waals surface area contributed by atoms with Gasteiger partial charge in [0.2, 0.25) is 0 Å². The average molecular weight is 555 g/mol. The van der Waals surface area contributed by atoms with Crippen molar-refractivity contribution in [2.24, 2.45) is 0 Å². The number of hydrogen-bond donors (Lipinski definition) is 1. The molecular formula is C35H70O4. The van der Waals surface area contributed by atoms with Gasteiger partial charge in [-0.05, 0) is 12.8 Å². The Morgan fingerprint density at radius 1 is 0.513 bits per heavy atom. The number of carbonyl (C=O) groups excluding carboxylic acids is 1. The smallest absolute Gasteiger partial charge is 0.306 e. The van der Waals surface area contributed by atoms with E-state index < -0.39 is 6.10 Å². The minimum atomic E-state index is -0.522. The molecule has 0 aromatic rings. The molecule has 0 radical (unpaired) electrons. The van der Waals surface area contributed by atoms with Gasteiger partial charge < -0.3 is 14.6 Å². The molecule has 0 spiro atoms. The molecule has 1 N–H and O–H groups in total. The standard InChI is InChI=1S/C35H70O4/c1-3-5-7-9-11-13-15-16-17-18-19-20-21-23-25-27-29-31-38-33-34(32-36)39-35(37)30-28-26-24-22-14-12-10-8-6-4-2/h34,36H,3-33H2,1-2H3. The number of ether oxygens (including phenoxy) is 2. The Hall–Kier alpha value is -0.610. The predicted molar refractivity (Wildman–Crippen MR) is 168 cm³/mol. The van der Waals surface area contributed by atoms with Gasteiger partial charge in [0.05, 0.1) is 13.2 Å². The Morgan fingerprint density at radius 2 is 0.846 bits per heavy atom. The average Bonchev–Trinajstić information content (AvgIpc) is 2.94. The molecule has 234 valence electrons. The fourth-order valence-electron chi connectivity index (χ4n) is 5.27. The third kappa shape index (κ3) is 31.8. The van der Waals surface area contributed by atoms with Crippen LogP contribution in [0.25, 0.3) is 0 Å². The highest BCUT2D eigenvalue weighted by Gasteiger charge is 2.13. The Kier molecular flexibility index (Phi) is 33.1. The van der Waals surface area contributed by atoms with E-state index >= 15 is 0 Å². The zero-order valence-corrected chi connectivity index (χ0v) is 26.7. The molecule has 0 aromatic heterocycles. The zero-order chi connectivity index (χ0) is 28.5. The second-order valence-corrected chi connectivity index (χ2v) is 12.0. The third-order valence-electron chi connectivity index (χ3n) is 7.93. The van der Waals surface area contributed by atoms with Crippen molar-refractivity contribution in [3.63, 3.8) is 0 Å². The van der Waals surface area contributed by atoms with Gasteiger partial charge in [0, 0.05) is 13.0 Å². The summed E-state index contributed by atoms with van der Waals surface area (Å²) in [5.41, 5.74) is 0. The van der Waals surface area contributed by atoms with E-state index in [1.807, 2.05) is 0 Å². The second-order valence-electron chi connectivity index (χ2n) is 12.0. The number of unbranched alkanes of at least 4 members (excludes halogenated alkanes) is 25. The minimum absolute atomic E-state index is 0.164. The van der Waals surface area contributed by atoms with Gasteiger partial charge >= 0.3 is 5.97 Å². The summed E-state index contributed by atoms with van der Waals surface area (Å²) in [5, 5.41) is 9.52. The third-order valence-corrected chi connectivity index (χ3v) is 7.93. The van der Waals surface area contributed by atoms with Gasteiger partial charge in [-0.15, -0.1) is 0 Å². The molecule has 0 saturated carbocycles. The summed E-state index contributed by atoms with van der Waals surface area (Å²) in [5.74, 6) is -0.199. The summed E-state index contributed by atoms with van der Waals surface area (Å²) < 4.78 is 11.1. The topological polar surface area (TPSA) is 55.8 Å². The van der Waals surface area contributed by atoms with Crippen LogP contribution in [-0.4, -0.2) is 37.0 Å². The van der Waals surface area contributed by atoms with E-state index in [1.54, 1.807) is 0 Å². The first-order valence-electron chi connectivity index (χ1n) is 17.6. The maximum absolute atomic E-state index is 12.1. The van der Waals surface area contributed by atoms with E-state index in [-0.39, 0.29) is 12.6 Å². The highest BCUT2D eigenvalue weighted by atomic mass is 16.6. The molecular weight excluding hydrogens is 484 g/mol. The Bertz CT molecular complexity index is 468. The minimum Gasteiger partial charge on any atom is -0.457 e. The molecule has 1 unspecified atom stereocenters. The van der Waals surface area contributed by atoms with E-state index in [4.69, 9.17) is 9.47 Å². The van der Waals surface area contributed by atoms with Gasteiger partial charge in [0.1, 0.15) is 6.10 Å². The number of hydrogen-bond acceptors (Lipinski definition) is 4. The van der Waals surface area contributed by atoms with Crippen LogP contribution >= 0.6 is 0 Å². The van der Waals surface area contributed by atoms with Crippen LogP contribution in [0.1, 0.15) is 194 Å². The molecule has 0 saturated heterocycles. The number of carbonyl (C=O) groups is 1. The van der Waals surface area contributed by atoms with Crippen molar-refractivity contribution in [2.45, 2.75) is 200 Å². The van der Waals surface area contributed by atoms with Crippen LogP contribution in [0.3, 0.4) is 0 Å². The fraction of sp³-hybridized carbons (Fsp3) is 0.971. The maximum atomic E-state index is 12.1. The molecule has 39 heavy (non-hydrogen) atoms. The lowest BCUT2D eigenvalue weighted by atomic mass is 10.0. The van der Waals surface area contributed by atoms with Crippen LogP contribution in [0.4, 0.5) is 0 Å². The first-order valence-corrected chi connectivity index (χ1v) is 17.6. The monoisotopic (exact) mass is 555 g/mol. The van der Waals surface area contributed by atoms with E-state index in [1.165, 1.54) is 154 Å². The normalized spacial score (nSPS) is 12.2. The number of esters is 1. The summed E-state index contributed by atoms with van der Waals surface area (Å²) in [4.78, 5) is 12.1. The summed E-state index contributed by atoms with van der Waals surface area (Å²) in [6, 6.07) is 0. The van der Waals surface area contributed by atoms with Crippen LogP contribution < -0.4 is 0 Å². The lowest BCUT2D eigenvalue weighted by Gasteiger charge is -2.16. The van der Waals surface area contributed by atoms with Gasteiger partial charge in [-0.1, -0.05) is 174 Å². The molecule has 4 nitrogen and oxygen atoms in total. The van der Waals surface area contributed by atoms with Crippen molar-refractivity contribution in [1.29, 1.82) is 0 Å². The highest BCUT2D eigenvalue weighted by Crippen LogP contribution is 2.15. The van der Waals surface area contributed by atoms with Crippen molar-refractivity contribution in [1.82, 2.24) is 0 Å². The van der Waals surface area contributed by atoms with Crippen LogP contribution in [0.5, 0.6) is 0 Å². The van der Waals surface area contributed by atoms with Crippen LogP contribution in [0, 0.1) is 0 Å². The quantitative estimate of drug-likeness (QED) is 0.0647. The van der Waals surface area contributed by atoms with E-state index in [0.717, 1.165) is 19.3 Å². The van der Waals surface area contributed by atoms with Crippen LogP contribution in [-0.2, 0) is 14.3 Å². The first kappa shape index (κ1) is 38.4.